The van der Waals surface area contributed by atoms with E-state index in [2.05, 4.69) is 15.1 Å². The van der Waals surface area contributed by atoms with Gasteiger partial charge in [0.1, 0.15) is 5.75 Å². The second-order valence-electron chi connectivity index (χ2n) is 7.29. The summed E-state index contributed by atoms with van der Waals surface area (Å²) in [6.45, 7) is 3.36. The summed E-state index contributed by atoms with van der Waals surface area (Å²) in [5.41, 5.74) is 1.65. The van der Waals surface area contributed by atoms with Gasteiger partial charge in [-0.1, -0.05) is 23.7 Å². The van der Waals surface area contributed by atoms with E-state index < -0.39 is 11.9 Å². The predicted molar refractivity (Wildman–Crippen MR) is 117 cm³/mol. The van der Waals surface area contributed by atoms with Gasteiger partial charge >= 0.3 is 5.97 Å². The van der Waals surface area contributed by atoms with Gasteiger partial charge in [-0.15, -0.1) is 0 Å². The zero-order valence-corrected chi connectivity index (χ0v) is 17.6. The van der Waals surface area contributed by atoms with Gasteiger partial charge in [-0.05, 0) is 30.3 Å². The molecule has 1 fully saturated rings. The summed E-state index contributed by atoms with van der Waals surface area (Å²) in [7, 11) is 1.55. The van der Waals surface area contributed by atoms with Crippen LogP contribution < -0.4 is 15.0 Å². The lowest BCUT2D eigenvalue weighted by molar-refractivity contribution is -0.144. The summed E-state index contributed by atoms with van der Waals surface area (Å²) in [5.74, 6) is -1.44. The highest BCUT2D eigenvalue weighted by atomic mass is 35.5. The van der Waals surface area contributed by atoms with Crippen molar-refractivity contribution >= 4 is 34.9 Å². The number of methoxy groups -OCH3 is 1. The number of benzene rings is 2. The molecule has 1 aliphatic heterocycles. The van der Waals surface area contributed by atoms with E-state index in [-0.39, 0.29) is 12.3 Å². The number of hydrogen-bond donors (Lipinski definition) is 2. The molecule has 2 N–H and O–H groups in total. The van der Waals surface area contributed by atoms with Crippen molar-refractivity contribution < 1.29 is 19.4 Å². The van der Waals surface area contributed by atoms with Gasteiger partial charge in [-0.2, -0.15) is 0 Å². The number of amides is 1. The molecule has 0 saturated carbocycles. The van der Waals surface area contributed by atoms with Crippen LogP contribution in [0.25, 0.3) is 0 Å². The van der Waals surface area contributed by atoms with Crippen LogP contribution in [0.5, 0.6) is 5.75 Å². The van der Waals surface area contributed by atoms with Crippen molar-refractivity contribution in [3.8, 4) is 5.75 Å². The summed E-state index contributed by atoms with van der Waals surface area (Å²) in [4.78, 5) is 28.4. The van der Waals surface area contributed by atoms with Gasteiger partial charge in [0, 0.05) is 61.6 Å². The van der Waals surface area contributed by atoms with Crippen LogP contribution in [0.1, 0.15) is 6.42 Å². The molecule has 1 unspecified atom stereocenters. The first-order chi connectivity index (χ1) is 14.4. The first kappa shape index (κ1) is 21.9. The minimum Gasteiger partial charge on any atom is -0.497 e. The van der Waals surface area contributed by atoms with E-state index in [1.54, 1.807) is 31.4 Å². The molecule has 30 heavy (non-hydrogen) atoms. The SMILES string of the molecule is COc1cccc(NC(=O)CC(CN2CCN(c3cccc(Cl)c3)CC2)C(=O)O)c1. The maximum absolute atomic E-state index is 12.4. The van der Waals surface area contributed by atoms with Crippen molar-refractivity contribution in [1.82, 2.24) is 4.90 Å². The number of anilines is 2. The van der Waals surface area contributed by atoms with Gasteiger partial charge in [0.15, 0.2) is 0 Å². The molecule has 160 valence electrons. The van der Waals surface area contributed by atoms with Crippen LogP contribution in [0.15, 0.2) is 48.5 Å². The van der Waals surface area contributed by atoms with Crippen LogP contribution in [0.2, 0.25) is 5.02 Å². The summed E-state index contributed by atoms with van der Waals surface area (Å²) < 4.78 is 5.14. The smallest absolute Gasteiger partial charge is 0.308 e. The zero-order chi connectivity index (χ0) is 21.5. The highest BCUT2D eigenvalue weighted by molar-refractivity contribution is 6.30. The van der Waals surface area contributed by atoms with Crippen molar-refractivity contribution in [3.05, 3.63) is 53.6 Å². The normalized spacial score (nSPS) is 15.5. The molecule has 0 spiro atoms. The Morgan fingerprint density at radius 3 is 2.53 bits per heavy atom. The number of piperazine rings is 1. The number of carbonyl (C=O) groups is 2. The second-order valence-corrected chi connectivity index (χ2v) is 7.72. The largest absolute Gasteiger partial charge is 0.497 e. The average Bonchev–Trinajstić information content (AvgIpc) is 2.74. The first-order valence-electron chi connectivity index (χ1n) is 9.84. The van der Waals surface area contributed by atoms with E-state index in [9.17, 15) is 14.7 Å². The van der Waals surface area contributed by atoms with E-state index in [1.807, 2.05) is 24.3 Å². The maximum Gasteiger partial charge on any atom is 0.308 e. The second kappa shape index (κ2) is 10.3. The Bertz CT molecular complexity index is 884. The molecule has 2 aromatic carbocycles. The number of rotatable bonds is 8. The number of hydrogen-bond acceptors (Lipinski definition) is 5. The van der Waals surface area contributed by atoms with Gasteiger partial charge in [-0.3, -0.25) is 14.5 Å². The maximum atomic E-state index is 12.4. The molecule has 1 amide bonds. The molecule has 0 aliphatic carbocycles. The van der Waals surface area contributed by atoms with Crippen LogP contribution in [-0.4, -0.2) is 61.7 Å². The molecule has 0 bridgehead atoms. The van der Waals surface area contributed by atoms with Crippen molar-refractivity contribution in [2.24, 2.45) is 5.92 Å². The van der Waals surface area contributed by atoms with Crippen molar-refractivity contribution in [3.63, 3.8) is 0 Å². The summed E-state index contributed by atoms with van der Waals surface area (Å²) >= 11 is 6.07. The molecular formula is C22H26ClN3O4. The number of carboxylic acid groups (broad SMARTS) is 1. The fraction of sp³-hybridized carbons (Fsp3) is 0.364. The molecule has 1 aliphatic rings. The summed E-state index contributed by atoms with van der Waals surface area (Å²) in [6.07, 6.45) is -0.0823. The third-order valence-electron chi connectivity index (χ3n) is 5.16. The number of halogens is 1. The number of carboxylic acids is 1. The number of nitrogens with zero attached hydrogens (tertiary/aromatic N) is 2. The van der Waals surface area contributed by atoms with Gasteiger partial charge < -0.3 is 20.1 Å². The highest BCUT2D eigenvalue weighted by Gasteiger charge is 2.26. The summed E-state index contributed by atoms with van der Waals surface area (Å²) in [6, 6.07) is 14.7. The Hall–Kier alpha value is -2.77. The van der Waals surface area contributed by atoms with E-state index in [1.165, 1.54) is 0 Å². The number of carbonyl (C=O) groups excluding carboxylic acids is 1. The van der Waals surface area contributed by atoms with Crippen LogP contribution in [0.3, 0.4) is 0 Å². The van der Waals surface area contributed by atoms with E-state index in [0.717, 1.165) is 31.9 Å². The van der Waals surface area contributed by atoms with Crippen molar-refractivity contribution in [2.75, 3.05) is 50.1 Å². The Labute approximate surface area is 181 Å². The van der Waals surface area contributed by atoms with Gasteiger partial charge in [0.2, 0.25) is 5.91 Å². The molecule has 0 radical (unpaired) electrons. The van der Waals surface area contributed by atoms with Gasteiger partial charge in [0.25, 0.3) is 0 Å². The zero-order valence-electron chi connectivity index (χ0n) is 16.9. The Morgan fingerprint density at radius 1 is 1.13 bits per heavy atom. The van der Waals surface area contributed by atoms with E-state index in [0.29, 0.717) is 23.0 Å². The Kier molecular flexibility index (Phi) is 7.54. The predicted octanol–water partition coefficient (Wildman–Crippen LogP) is 3.20. The molecule has 3 rings (SSSR count). The summed E-state index contributed by atoms with van der Waals surface area (Å²) in [5, 5.41) is 13.1. The van der Waals surface area contributed by atoms with E-state index in [4.69, 9.17) is 16.3 Å². The third-order valence-corrected chi connectivity index (χ3v) is 5.39. The lowest BCUT2D eigenvalue weighted by atomic mass is 10.0. The van der Waals surface area contributed by atoms with E-state index >= 15 is 0 Å². The van der Waals surface area contributed by atoms with Crippen LogP contribution in [0, 0.1) is 5.92 Å². The number of nitrogens with one attached hydrogen (secondary N) is 1. The molecule has 7 nitrogen and oxygen atoms in total. The molecule has 1 heterocycles. The molecule has 0 aromatic heterocycles. The van der Waals surface area contributed by atoms with Gasteiger partial charge in [-0.25, -0.2) is 0 Å². The lowest BCUT2D eigenvalue weighted by Crippen LogP contribution is -2.48. The number of aliphatic carboxylic acids is 1. The minimum atomic E-state index is -0.965. The minimum absolute atomic E-state index is 0.0823. The monoisotopic (exact) mass is 431 g/mol. The quantitative estimate of drug-likeness (QED) is 0.668. The van der Waals surface area contributed by atoms with Crippen LogP contribution in [-0.2, 0) is 9.59 Å². The average molecular weight is 432 g/mol. The van der Waals surface area contributed by atoms with Crippen LogP contribution in [0.4, 0.5) is 11.4 Å². The molecule has 2 aromatic rings. The topological polar surface area (TPSA) is 82.1 Å². The number of ether oxygens (including phenoxy) is 1. The van der Waals surface area contributed by atoms with Crippen LogP contribution >= 0.6 is 11.6 Å². The van der Waals surface area contributed by atoms with Gasteiger partial charge in [0.05, 0.1) is 13.0 Å². The Balaban J connectivity index is 1.52. The molecular weight excluding hydrogens is 406 g/mol. The lowest BCUT2D eigenvalue weighted by Gasteiger charge is -2.37. The standard InChI is InChI=1S/C22H26ClN3O4/c1-30-20-7-3-5-18(14-20)24-21(27)12-16(22(28)29)15-25-8-10-26(11-9-25)19-6-2-4-17(23)13-19/h2-7,13-14,16H,8-12,15H2,1H3,(H,24,27)(H,28,29). The molecule has 8 heteroatoms. The Morgan fingerprint density at radius 2 is 1.87 bits per heavy atom. The highest BCUT2D eigenvalue weighted by Crippen LogP contribution is 2.22. The van der Waals surface area contributed by atoms with Crippen molar-refractivity contribution in [1.29, 1.82) is 0 Å². The third kappa shape index (κ3) is 6.11. The van der Waals surface area contributed by atoms with Crippen molar-refractivity contribution in [2.45, 2.75) is 6.42 Å². The first-order valence-corrected chi connectivity index (χ1v) is 10.2. The molecule has 1 atom stereocenters. The fourth-order valence-electron chi connectivity index (χ4n) is 3.54. The fourth-order valence-corrected chi connectivity index (χ4v) is 3.72. The molecule has 1 saturated heterocycles.